The minimum absolute atomic E-state index is 0.536. The molecule has 0 radical (unpaired) electrons. The third-order valence-electron chi connectivity index (χ3n) is 6.30. The molecule has 27 heavy (non-hydrogen) atoms. The maximum atomic E-state index is 5.95. The molecule has 0 bridgehead atoms. The van der Waals surface area contributed by atoms with E-state index in [-0.39, 0.29) is 0 Å². The topological polar surface area (TPSA) is 43.2 Å². The largest absolute Gasteiger partial charge is 0.361 e. The van der Waals surface area contributed by atoms with Gasteiger partial charge >= 0.3 is 0 Å². The Morgan fingerprint density at radius 3 is 2.56 bits per heavy atom. The van der Waals surface area contributed by atoms with Gasteiger partial charge in [-0.05, 0) is 53.1 Å². The van der Waals surface area contributed by atoms with Gasteiger partial charge in [-0.2, -0.15) is 0 Å². The summed E-state index contributed by atoms with van der Waals surface area (Å²) < 4.78 is 9.01. The number of aromatic nitrogens is 3. The third-order valence-corrected chi connectivity index (χ3v) is 8.58. The molecule has 1 saturated carbocycles. The van der Waals surface area contributed by atoms with E-state index in [0.29, 0.717) is 12.1 Å². The van der Waals surface area contributed by atoms with Crippen molar-refractivity contribution in [2.24, 2.45) is 5.41 Å². The average Bonchev–Trinajstić information content (AvgIpc) is 2.92. The van der Waals surface area contributed by atoms with Crippen LogP contribution in [-0.4, -0.2) is 42.3 Å². The molecule has 1 spiro atoms. The van der Waals surface area contributed by atoms with Crippen LogP contribution in [0, 0.1) is 5.41 Å². The molecule has 2 aromatic rings. The van der Waals surface area contributed by atoms with Crippen LogP contribution in [0.4, 0.5) is 5.82 Å². The second kappa shape index (κ2) is 7.48. The summed E-state index contributed by atoms with van der Waals surface area (Å²) in [5.41, 5.74) is 2.48. The van der Waals surface area contributed by atoms with Crippen molar-refractivity contribution >= 4 is 41.0 Å². The Balaban J connectivity index is 1.46. The van der Waals surface area contributed by atoms with E-state index < -0.39 is 8.07 Å². The molecule has 0 unspecified atom stereocenters. The Morgan fingerprint density at radius 1 is 1.19 bits per heavy atom. The Hall–Kier alpha value is -0.923. The molecule has 3 heterocycles. The molecule has 0 amide bonds. The van der Waals surface area contributed by atoms with Gasteiger partial charge in [-0.3, -0.25) is 0 Å². The highest BCUT2D eigenvalue weighted by Crippen LogP contribution is 2.49. The fourth-order valence-electron chi connectivity index (χ4n) is 4.18. The second-order valence-corrected chi connectivity index (χ2v) is 16.0. The van der Waals surface area contributed by atoms with Gasteiger partial charge in [-0.1, -0.05) is 26.1 Å². The zero-order chi connectivity index (χ0) is 19.1. The smallest absolute Gasteiger partial charge is 0.164 e. The summed E-state index contributed by atoms with van der Waals surface area (Å²) in [5, 5.41) is 0. The highest BCUT2D eigenvalue weighted by molar-refractivity contribution is 9.10. The number of rotatable bonds is 6. The summed E-state index contributed by atoms with van der Waals surface area (Å²) in [6.45, 7) is 10.7. The van der Waals surface area contributed by atoms with Gasteiger partial charge in [0.15, 0.2) is 5.65 Å². The number of piperidine rings is 1. The van der Waals surface area contributed by atoms with Crippen molar-refractivity contribution in [3.63, 3.8) is 0 Å². The van der Waals surface area contributed by atoms with Crippen molar-refractivity contribution in [2.45, 2.75) is 64.5 Å². The molecule has 0 N–H and O–H groups in total. The Bertz CT molecular complexity index is 802. The van der Waals surface area contributed by atoms with Crippen molar-refractivity contribution < 1.29 is 4.74 Å². The van der Waals surface area contributed by atoms with E-state index >= 15 is 0 Å². The Labute approximate surface area is 171 Å². The monoisotopic (exact) mass is 450 g/mol. The number of ether oxygens (including phenoxy) is 1. The van der Waals surface area contributed by atoms with Gasteiger partial charge < -0.3 is 14.2 Å². The van der Waals surface area contributed by atoms with E-state index in [9.17, 15) is 0 Å². The van der Waals surface area contributed by atoms with E-state index in [1.165, 1.54) is 38.1 Å². The summed E-state index contributed by atoms with van der Waals surface area (Å²) in [4.78, 5) is 12.1. The molecule has 2 aliphatic rings. The normalized spacial score (nSPS) is 19.6. The molecule has 2 aromatic heterocycles. The average molecular weight is 451 g/mol. The summed E-state index contributed by atoms with van der Waals surface area (Å²) in [6, 6.07) is 1.18. The Kier molecular flexibility index (Phi) is 5.38. The summed E-state index contributed by atoms with van der Waals surface area (Å²) in [5.74, 6) is 1.01. The first kappa shape index (κ1) is 19.4. The maximum Gasteiger partial charge on any atom is 0.164 e. The predicted octanol–water partition coefficient (Wildman–Crippen LogP) is 5.28. The zero-order valence-electron chi connectivity index (χ0n) is 16.8. The summed E-state index contributed by atoms with van der Waals surface area (Å²) >= 11 is 3.63. The van der Waals surface area contributed by atoms with Crippen molar-refractivity contribution in [3.05, 3.63) is 16.9 Å². The molecule has 1 aliphatic heterocycles. The van der Waals surface area contributed by atoms with Crippen LogP contribution in [-0.2, 0) is 11.5 Å². The fraction of sp³-hybridized carbons (Fsp3) is 0.700. The van der Waals surface area contributed by atoms with E-state index in [1.807, 2.05) is 12.4 Å². The lowest BCUT2D eigenvalue weighted by atomic mass is 9.63. The zero-order valence-corrected chi connectivity index (χ0v) is 19.4. The maximum absolute atomic E-state index is 5.95. The van der Waals surface area contributed by atoms with Gasteiger partial charge in [-0.25, -0.2) is 9.97 Å². The minimum Gasteiger partial charge on any atom is -0.361 e. The van der Waals surface area contributed by atoms with E-state index in [4.69, 9.17) is 14.7 Å². The fourth-order valence-corrected chi connectivity index (χ4v) is 5.46. The van der Waals surface area contributed by atoms with Crippen LogP contribution in [0.2, 0.25) is 25.7 Å². The molecular weight excluding hydrogens is 420 g/mol. The lowest BCUT2D eigenvalue weighted by Gasteiger charge is -2.48. The van der Waals surface area contributed by atoms with Crippen LogP contribution in [0.25, 0.3) is 11.2 Å². The van der Waals surface area contributed by atoms with Crippen LogP contribution in [0.3, 0.4) is 0 Å². The van der Waals surface area contributed by atoms with Crippen molar-refractivity contribution in [2.75, 3.05) is 24.6 Å². The minimum atomic E-state index is -1.06. The standard InChI is InChI=1S/C20H31BrN4OSi/c1-27(2,3)12-11-26-15-25-14-16(21)18-19(25)23-17(13-22-18)24-9-7-20(8-10-24)5-4-6-20/h13-14H,4-12,15H2,1-3H3. The molecular formula is C20H31BrN4OSi. The third kappa shape index (κ3) is 4.25. The highest BCUT2D eigenvalue weighted by atomic mass is 79.9. The van der Waals surface area contributed by atoms with Crippen molar-refractivity contribution in [1.82, 2.24) is 14.5 Å². The van der Waals surface area contributed by atoms with Crippen LogP contribution in [0.15, 0.2) is 16.9 Å². The highest BCUT2D eigenvalue weighted by Gasteiger charge is 2.39. The molecule has 0 aromatic carbocycles. The van der Waals surface area contributed by atoms with Crippen LogP contribution < -0.4 is 4.90 Å². The number of fused-ring (bicyclic) bond motifs is 1. The number of anilines is 1. The Morgan fingerprint density at radius 2 is 1.93 bits per heavy atom. The predicted molar refractivity (Wildman–Crippen MR) is 117 cm³/mol. The lowest BCUT2D eigenvalue weighted by Crippen LogP contribution is -2.43. The molecule has 148 valence electrons. The quantitative estimate of drug-likeness (QED) is 0.443. The van der Waals surface area contributed by atoms with Crippen molar-refractivity contribution in [3.8, 4) is 0 Å². The number of nitrogens with zero attached hydrogens (tertiary/aromatic N) is 4. The van der Waals surface area contributed by atoms with Gasteiger partial charge in [0.05, 0.1) is 10.7 Å². The SMILES string of the molecule is C[Si](C)(C)CCOCn1cc(Br)c2ncc(N3CCC4(CCC4)CC3)nc21. The molecule has 4 rings (SSSR count). The molecule has 0 atom stereocenters. The molecule has 1 aliphatic carbocycles. The summed E-state index contributed by atoms with van der Waals surface area (Å²) in [7, 11) is -1.06. The molecule has 2 fully saturated rings. The molecule has 5 nitrogen and oxygen atoms in total. The number of hydrogen-bond acceptors (Lipinski definition) is 4. The first-order valence-corrected chi connectivity index (χ1v) is 14.7. The van der Waals surface area contributed by atoms with Gasteiger partial charge in [-0.15, -0.1) is 0 Å². The van der Waals surface area contributed by atoms with Crippen molar-refractivity contribution in [1.29, 1.82) is 0 Å². The van der Waals surface area contributed by atoms with Gasteiger partial charge in [0.25, 0.3) is 0 Å². The van der Waals surface area contributed by atoms with Gasteiger partial charge in [0.2, 0.25) is 0 Å². The van der Waals surface area contributed by atoms with E-state index in [0.717, 1.165) is 41.2 Å². The van der Waals surface area contributed by atoms with Gasteiger partial charge in [0, 0.05) is 34.0 Å². The van der Waals surface area contributed by atoms with Crippen LogP contribution >= 0.6 is 15.9 Å². The van der Waals surface area contributed by atoms with E-state index in [1.54, 1.807) is 0 Å². The van der Waals surface area contributed by atoms with Gasteiger partial charge in [0.1, 0.15) is 18.1 Å². The number of halogens is 1. The second-order valence-electron chi connectivity index (χ2n) is 9.54. The lowest BCUT2D eigenvalue weighted by molar-refractivity contribution is 0.0897. The first-order valence-electron chi connectivity index (χ1n) is 10.2. The van der Waals surface area contributed by atoms with E-state index in [2.05, 4.69) is 45.0 Å². The molecule has 7 heteroatoms. The first-order chi connectivity index (χ1) is 12.9. The van der Waals surface area contributed by atoms with Crippen LogP contribution in [0.5, 0.6) is 0 Å². The molecule has 1 saturated heterocycles. The summed E-state index contributed by atoms with van der Waals surface area (Å²) in [6.07, 6.45) is 10.9. The number of hydrogen-bond donors (Lipinski definition) is 0. The van der Waals surface area contributed by atoms with Crippen LogP contribution in [0.1, 0.15) is 32.1 Å².